The molecule has 0 aromatic heterocycles. The first kappa shape index (κ1) is 14.8. The highest BCUT2D eigenvalue weighted by Gasteiger charge is 2.27. The van der Waals surface area contributed by atoms with Crippen molar-refractivity contribution in [3.63, 3.8) is 0 Å². The Morgan fingerprint density at radius 1 is 0.850 bits per heavy atom. The molecule has 0 aliphatic heterocycles. The molecule has 0 amide bonds. The lowest BCUT2D eigenvalue weighted by Gasteiger charge is -2.31. The zero-order valence-corrected chi connectivity index (χ0v) is 13.4. The molecule has 0 fully saturated rings. The van der Waals surface area contributed by atoms with Crippen LogP contribution in [0.1, 0.15) is 62.8 Å². The van der Waals surface area contributed by atoms with Gasteiger partial charge in [-0.15, -0.1) is 0 Å². The van der Waals surface area contributed by atoms with E-state index in [1.807, 2.05) is 0 Å². The van der Waals surface area contributed by atoms with E-state index in [-0.39, 0.29) is 5.41 Å². The van der Waals surface area contributed by atoms with Gasteiger partial charge in [-0.05, 0) is 34.6 Å². The van der Waals surface area contributed by atoms with Crippen molar-refractivity contribution in [1.82, 2.24) is 0 Å². The van der Waals surface area contributed by atoms with E-state index < -0.39 is 0 Å². The fourth-order valence-electron chi connectivity index (χ4n) is 3.15. The van der Waals surface area contributed by atoms with E-state index in [9.17, 15) is 0 Å². The van der Waals surface area contributed by atoms with Crippen molar-refractivity contribution in [2.75, 3.05) is 0 Å². The van der Waals surface area contributed by atoms with Gasteiger partial charge in [-0.25, -0.2) is 0 Å². The van der Waals surface area contributed by atoms with Gasteiger partial charge in [-0.1, -0.05) is 83.1 Å². The summed E-state index contributed by atoms with van der Waals surface area (Å²) in [5, 5.41) is 0. The molecule has 0 N–H and O–H groups in total. The second-order valence-corrected chi connectivity index (χ2v) is 6.38. The lowest BCUT2D eigenvalue weighted by Crippen LogP contribution is -2.23. The van der Waals surface area contributed by atoms with Crippen LogP contribution in [0, 0.1) is 0 Å². The van der Waals surface area contributed by atoms with Crippen LogP contribution in [0.4, 0.5) is 0 Å². The summed E-state index contributed by atoms with van der Waals surface area (Å²) in [6, 6.07) is 17.7. The van der Waals surface area contributed by atoms with E-state index in [4.69, 9.17) is 0 Å². The molecule has 0 bridgehead atoms. The van der Waals surface area contributed by atoms with E-state index in [1.165, 1.54) is 22.3 Å². The molecular formula is C20H26. The molecule has 0 unspecified atom stereocenters. The van der Waals surface area contributed by atoms with Crippen LogP contribution in [0.2, 0.25) is 0 Å². The second-order valence-electron chi connectivity index (χ2n) is 6.38. The first-order valence-corrected chi connectivity index (χ1v) is 7.66. The van der Waals surface area contributed by atoms with Crippen molar-refractivity contribution in [1.29, 1.82) is 0 Å². The fourth-order valence-corrected chi connectivity index (χ4v) is 3.15. The minimum atomic E-state index is 0.0491. The second kappa shape index (κ2) is 5.83. The van der Waals surface area contributed by atoms with E-state index in [0.717, 1.165) is 6.42 Å². The Labute approximate surface area is 123 Å². The van der Waals surface area contributed by atoms with Crippen LogP contribution in [0.15, 0.2) is 48.5 Å². The maximum absolute atomic E-state index is 2.35. The molecule has 106 valence electrons. The first-order chi connectivity index (χ1) is 9.48. The van der Waals surface area contributed by atoms with E-state index in [2.05, 4.69) is 83.1 Å². The van der Waals surface area contributed by atoms with Gasteiger partial charge in [-0.3, -0.25) is 0 Å². The molecule has 0 saturated heterocycles. The molecule has 0 heterocycles. The monoisotopic (exact) mass is 266 g/mol. The Morgan fingerprint density at radius 3 is 2.00 bits per heavy atom. The zero-order valence-electron chi connectivity index (χ0n) is 13.4. The molecule has 2 aromatic rings. The summed E-state index contributed by atoms with van der Waals surface area (Å²) in [4.78, 5) is 0. The van der Waals surface area contributed by atoms with Gasteiger partial charge >= 0.3 is 0 Å². The Bertz CT molecular complexity index is 576. The summed E-state index contributed by atoms with van der Waals surface area (Å²) in [6.07, 6.45) is 1.09. The molecule has 0 radical (unpaired) electrons. The van der Waals surface area contributed by atoms with Crippen LogP contribution in [0.5, 0.6) is 0 Å². The number of hydrogen-bond acceptors (Lipinski definition) is 0. The van der Waals surface area contributed by atoms with Crippen LogP contribution in [-0.2, 0) is 11.8 Å². The predicted molar refractivity (Wildman–Crippen MR) is 88.5 cm³/mol. The standard InChI is InChI=1S/C20H26/c1-6-16-11-7-9-13-18(16)20(4,5)19-14-10-8-12-17(19)15(2)3/h7-15H,6H2,1-5H3. The fraction of sp³-hybridized carbons (Fsp3) is 0.400. The molecule has 0 heteroatoms. The van der Waals surface area contributed by atoms with Gasteiger partial charge in [0, 0.05) is 5.41 Å². The summed E-state index contributed by atoms with van der Waals surface area (Å²) in [5.41, 5.74) is 5.87. The highest BCUT2D eigenvalue weighted by Crippen LogP contribution is 2.37. The Hall–Kier alpha value is -1.56. The molecule has 0 aliphatic carbocycles. The first-order valence-electron chi connectivity index (χ1n) is 7.66. The van der Waals surface area contributed by atoms with Crippen LogP contribution in [-0.4, -0.2) is 0 Å². The number of aryl methyl sites for hydroxylation is 1. The van der Waals surface area contributed by atoms with Gasteiger partial charge < -0.3 is 0 Å². The minimum absolute atomic E-state index is 0.0491. The highest BCUT2D eigenvalue weighted by atomic mass is 14.3. The molecule has 20 heavy (non-hydrogen) atoms. The molecule has 0 aliphatic rings. The lowest BCUT2D eigenvalue weighted by atomic mass is 9.72. The number of benzene rings is 2. The molecular weight excluding hydrogens is 240 g/mol. The Balaban J connectivity index is 2.61. The molecule has 0 saturated carbocycles. The van der Waals surface area contributed by atoms with E-state index >= 15 is 0 Å². The summed E-state index contributed by atoms with van der Waals surface area (Å²) >= 11 is 0. The van der Waals surface area contributed by atoms with Crippen LogP contribution >= 0.6 is 0 Å². The largest absolute Gasteiger partial charge is 0.0620 e. The number of hydrogen-bond donors (Lipinski definition) is 0. The maximum Gasteiger partial charge on any atom is 0.0152 e. The van der Waals surface area contributed by atoms with E-state index in [1.54, 1.807) is 0 Å². The van der Waals surface area contributed by atoms with E-state index in [0.29, 0.717) is 5.92 Å². The van der Waals surface area contributed by atoms with Gasteiger partial charge in [-0.2, -0.15) is 0 Å². The molecule has 0 atom stereocenters. The van der Waals surface area contributed by atoms with Crippen molar-refractivity contribution in [3.05, 3.63) is 70.8 Å². The van der Waals surface area contributed by atoms with Crippen molar-refractivity contribution in [2.45, 2.75) is 52.4 Å². The number of rotatable bonds is 4. The summed E-state index contributed by atoms with van der Waals surface area (Å²) in [7, 11) is 0. The molecule has 2 rings (SSSR count). The topological polar surface area (TPSA) is 0 Å². The van der Waals surface area contributed by atoms with Gasteiger partial charge in [0.15, 0.2) is 0 Å². The predicted octanol–water partition coefficient (Wildman–Crippen LogP) is 5.70. The zero-order chi connectivity index (χ0) is 14.8. The van der Waals surface area contributed by atoms with Gasteiger partial charge in [0.25, 0.3) is 0 Å². The highest BCUT2D eigenvalue weighted by molar-refractivity contribution is 5.46. The third kappa shape index (κ3) is 2.65. The van der Waals surface area contributed by atoms with Crippen molar-refractivity contribution in [2.24, 2.45) is 0 Å². The summed E-state index contributed by atoms with van der Waals surface area (Å²) in [6.45, 7) is 11.5. The van der Waals surface area contributed by atoms with Crippen molar-refractivity contribution >= 4 is 0 Å². The Kier molecular flexibility index (Phi) is 4.32. The molecule has 0 nitrogen and oxygen atoms in total. The van der Waals surface area contributed by atoms with Crippen LogP contribution in [0.3, 0.4) is 0 Å². The quantitative estimate of drug-likeness (QED) is 0.666. The van der Waals surface area contributed by atoms with Crippen LogP contribution < -0.4 is 0 Å². The maximum atomic E-state index is 2.35. The van der Waals surface area contributed by atoms with Gasteiger partial charge in [0.2, 0.25) is 0 Å². The van der Waals surface area contributed by atoms with Gasteiger partial charge in [0.1, 0.15) is 0 Å². The lowest BCUT2D eigenvalue weighted by molar-refractivity contribution is 0.616. The molecule has 2 aromatic carbocycles. The molecule has 0 spiro atoms. The normalized spacial score (nSPS) is 11.9. The summed E-state index contributed by atoms with van der Waals surface area (Å²) < 4.78 is 0. The van der Waals surface area contributed by atoms with Crippen molar-refractivity contribution < 1.29 is 0 Å². The minimum Gasteiger partial charge on any atom is -0.0620 e. The van der Waals surface area contributed by atoms with Gasteiger partial charge in [0.05, 0.1) is 0 Å². The third-order valence-electron chi connectivity index (χ3n) is 4.33. The summed E-state index contributed by atoms with van der Waals surface area (Å²) in [5.74, 6) is 0.555. The SMILES string of the molecule is CCc1ccccc1C(C)(C)c1ccccc1C(C)C. The van der Waals surface area contributed by atoms with Crippen LogP contribution in [0.25, 0.3) is 0 Å². The average molecular weight is 266 g/mol. The third-order valence-corrected chi connectivity index (χ3v) is 4.33. The Morgan fingerprint density at radius 2 is 1.40 bits per heavy atom. The van der Waals surface area contributed by atoms with Crippen molar-refractivity contribution in [3.8, 4) is 0 Å². The smallest absolute Gasteiger partial charge is 0.0152 e. The average Bonchev–Trinajstić information content (AvgIpc) is 2.47.